The molecule has 0 aromatic heterocycles. The van der Waals surface area contributed by atoms with Crippen molar-refractivity contribution in [2.75, 3.05) is 24.7 Å². The van der Waals surface area contributed by atoms with Crippen molar-refractivity contribution in [1.29, 1.82) is 0 Å². The lowest BCUT2D eigenvalue weighted by atomic mass is 10.1. The lowest BCUT2D eigenvalue weighted by molar-refractivity contribution is -0.121. The fourth-order valence-corrected chi connectivity index (χ4v) is 2.16. The van der Waals surface area contributed by atoms with Gasteiger partial charge in [0, 0.05) is 17.8 Å². The maximum atomic E-state index is 11.4. The Labute approximate surface area is 109 Å². The number of morpholine rings is 1. The van der Waals surface area contributed by atoms with E-state index in [9.17, 15) is 9.59 Å². The highest BCUT2D eigenvalue weighted by atomic mass is 35.5. The van der Waals surface area contributed by atoms with E-state index in [0.29, 0.717) is 30.0 Å². The van der Waals surface area contributed by atoms with E-state index in [2.05, 4.69) is 0 Å². The molecule has 96 valence electrons. The van der Waals surface area contributed by atoms with Crippen LogP contribution in [0, 0.1) is 0 Å². The van der Waals surface area contributed by atoms with E-state index in [-0.39, 0.29) is 6.61 Å². The molecule has 0 bridgehead atoms. The molecule has 1 amide bonds. The van der Waals surface area contributed by atoms with Crippen LogP contribution in [-0.4, -0.2) is 38.0 Å². The van der Waals surface area contributed by atoms with Gasteiger partial charge in [-0.1, -0.05) is 11.6 Å². The summed E-state index contributed by atoms with van der Waals surface area (Å²) in [7, 11) is 0. The third-order valence-corrected chi connectivity index (χ3v) is 3.23. The summed E-state index contributed by atoms with van der Waals surface area (Å²) in [4.78, 5) is 23.9. The van der Waals surface area contributed by atoms with Crippen LogP contribution >= 0.6 is 11.6 Å². The Morgan fingerprint density at radius 3 is 2.94 bits per heavy atom. The second-order valence-corrected chi connectivity index (χ2v) is 4.42. The second kappa shape index (κ2) is 5.37. The number of aldehydes is 1. The number of benzene rings is 1. The molecule has 2 rings (SSSR count). The lowest BCUT2D eigenvalue weighted by Gasteiger charge is -2.35. The van der Waals surface area contributed by atoms with Crippen LogP contribution in [-0.2, 0) is 9.53 Å². The Morgan fingerprint density at radius 2 is 2.33 bits per heavy atom. The first kappa shape index (κ1) is 12.9. The molecule has 1 aliphatic heterocycles. The summed E-state index contributed by atoms with van der Waals surface area (Å²) in [5, 5.41) is 0.359. The Balaban J connectivity index is 2.31. The predicted molar refractivity (Wildman–Crippen MR) is 68.0 cm³/mol. The van der Waals surface area contributed by atoms with Gasteiger partial charge in [-0.3, -0.25) is 9.59 Å². The fourth-order valence-electron chi connectivity index (χ4n) is 1.94. The smallest absolute Gasteiger partial charge is 0.242 e. The van der Waals surface area contributed by atoms with E-state index >= 15 is 0 Å². The van der Waals surface area contributed by atoms with Gasteiger partial charge in [-0.05, 0) is 18.2 Å². The average Bonchev–Trinajstić information content (AvgIpc) is 2.38. The summed E-state index contributed by atoms with van der Waals surface area (Å²) < 4.78 is 5.24. The number of primary amides is 1. The number of hydrogen-bond donors (Lipinski definition) is 1. The summed E-state index contributed by atoms with van der Waals surface area (Å²) >= 11 is 5.97. The minimum Gasteiger partial charge on any atom is -0.377 e. The van der Waals surface area contributed by atoms with Gasteiger partial charge < -0.3 is 15.4 Å². The molecule has 6 heteroatoms. The average molecular weight is 269 g/mol. The van der Waals surface area contributed by atoms with E-state index < -0.39 is 11.9 Å². The Kier molecular flexibility index (Phi) is 3.84. The van der Waals surface area contributed by atoms with E-state index in [4.69, 9.17) is 22.1 Å². The first-order valence-corrected chi connectivity index (χ1v) is 5.89. The molecule has 1 unspecified atom stereocenters. The molecule has 1 aromatic rings. The van der Waals surface area contributed by atoms with Gasteiger partial charge in [-0.2, -0.15) is 0 Å². The molecule has 0 saturated carbocycles. The Hall–Kier alpha value is -1.59. The number of ether oxygens (including phenoxy) is 1. The molecule has 1 heterocycles. The number of nitrogens with two attached hydrogens (primary N) is 1. The number of anilines is 1. The van der Waals surface area contributed by atoms with Crippen molar-refractivity contribution in [3.63, 3.8) is 0 Å². The highest BCUT2D eigenvalue weighted by Gasteiger charge is 2.28. The van der Waals surface area contributed by atoms with E-state index in [1.54, 1.807) is 18.2 Å². The zero-order valence-electron chi connectivity index (χ0n) is 9.64. The van der Waals surface area contributed by atoms with Crippen molar-refractivity contribution < 1.29 is 14.3 Å². The number of carbonyl (C=O) groups excluding carboxylic acids is 2. The monoisotopic (exact) mass is 268 g/mol. The van der Waals surface area contributed by atoms with Gasteiger partial charge in [0.25, 0.3) is 0 Å². The molecule has 1 aromatic carbocycles. The fraction of sp³-hybridized carbons (Fsp3) is 0.333. The number of rotatable bonds is 3. The van der Waals surface area contributed by atoms with Crippen molar-refractivity contribution >= 4 is 29.5 Å². The van der Waals surface area contributed by atoms with Crippen LogP contribution in [0.4, 0.5) is 5.69 Å². The molecule has 1 fully saturated rings. The maximum Gasteiger partial charge on any atom is 0.242 e. The number of halogens is 1. The second-order valence-electron chi connectivity index (χ2n) is 4.01. The molecule has 1 aliphatic rings. The molecule has 0 spiro atoms. The molecule has 2 N–H and O–H groups in total. The molecule has 0 aliphatic carbocycles. The lowest BCUT2D eigenvalue weighted by Crippen LogP contribution is -2.52. The van der Waals surface area contributed by atoms with Crippen molar-refractivity contribution in [1.82, 2.24) is 0 Å². The van der Waals surface area contributed by atoms with Crippen LogP contribution in [0.1, 0.15) is 10.4 Å². The summed E-state index contributed by atoms with van der Waals surface area (Å²) in [5.74, 6) is -0.440. The van der Waals surface area contributed by atoms with E-state index in [1.807, 2.05) is 4.90 Å². The highest BCUT2D eigenvalue weighted by molar-refractivity contribution is 6.33. The quantitative estimate of drug-likeness (QED) is 0.825. The third-order valence-electron chi connectivity index (χ3n) is 2.90. The Morgan fingerprint density at radius 1 is 1.56 bits per heavy atom. The van der Waals surface area contributed by atoms with Crippen molar-refractivity contribution in [2.45, 2.75) is 6.04 Å². The number of amides is 1. The van der Waals surface area contributed by atoms with Gasteiger partial charge in [0.15, 0.2) is 6.29 Å². The van der Waals surface area contributed by atoms with Gasteiger partial charge in [-0.25, -0.2) is 0 Å². The SMILES string of the molecule is NC(=O)C1COCCN1c1ccc(C=O)c(Cl)c1. The molecule has 18 heavy (non-hydrogen) atoms. The van der Waals surface area contributed by atoms with Gasteiger partial charge >= 0.3 is 0 Å². The molecule has 1 saturated heterocycles. The summed E-state index contributed by atoms with van der Waals surface area (Å²) in [6.07, 6.45) is 0.691. The van der Waals surface area contributed by atoms with Crippen molar-refractivity contribution in [3.8, 4) is 0 Å². The van der Waals surface area contributed by atoms with Crippen LogP contribution in [0.5, 0.6) is 0 Å². The maximum absolute atomic E-state index is 11.4. The molecular weight excluding hydrogens is 256 g/mol. The zero-order valence-corrected chi connectivity index (χ0v) is 10.4. The van der Waals surface area contributed by atoms with Gasteiger partial charge in [-0.15, -0.1) is 0 Å². The van der Waals surface area contributed by atoms with Gasteiger partial charge in [0.1, 0.15) is 6.04 Å². The van der Waals surface area contributed by atoms with Crippen molar-refractivity contribution in [3.05, 3.63) is 28.8 Å². The molecule has 5 nitrogen and oxygen atoms in total. The number of nitrogens with zero attached hydrogens (tertiary/aromatic N) is 1. The number of carbonyl (C=O) groups is 2. The number of hydrogen-bond acceptors (Lipinski definition) is 4. The van der Waals surface area contributed by atoms with E-state index in [1.165, 1.54) is 0 Å². The summed E-state index contributed by atoms with van der Waals surface area (Å²) in [6, 6.07) is 4.53. The predicted octanol–water partition coefficient (Wildman–Crippen LogP) is 0.843. The molecule has 1 atom stereocenters. The largest absolute Gasteiger partial charge is 0.377 e. The van der Waals surface area contributed by atoms with Gasteiger partial charge in [0.05, 0.1) is 18.2 Å². The minimum absolute atomic E-state index is 0.266. The van der Waals surface area contributed by atoms with E-state index in [0.717, 1.165) is 5.69 Å². The van der Waals surface area contributed by atoms with Crippen LogP contribution in [0.2, 0.25) is 5.02 Å². The van der Waals surface area contributed by atoms with Crippen LogP contribution in [0.15, 0.2) is 18.2 Å². The van der Waals surface area contributed by atoms with Crippen LogP contribution in [0.25, 0.3) is 0 Å². The first-order valence-electron chi connectivity index (χ1n) is 5.52. The standard InChI is InChI=1S/C12H13ClN2O3/c13-10-5-9(2-1-8(10)6-16)15-3-4-18-7-11(15)12(14)17/h1-2,5-6,11H,3-4,7H2,(H2,14,17). The molecular formula is C12H13ClN2O3. The topological polar surface area (TPSA) is 72.6 Å². The highest BCUT2D eigenvalue weighted by Crippen LogP contribution is 2.25. The Bertz CT molecular complexity index is 478. The van der Waals surface area contributed by atoms with Gasteiger partial charge in [0.2, 0.25) is 5.91 Å². The third kappa shape index (κ3) is 2.47. The molecule has 0 radical (unpaired) electrons. The zero-order chi connectivity index (χ0) is 13.1. The minimum atomic E-state index is -0.503. The normalized spacial score (nSPS) is 19.6. The summed E-state index contributed by atoms with van der Waals surface area (Å²) in [5.41, 5.74) is 6.52. The van der Waals surface area contributed by atoms with Crippen LogP contribution in [0.3, 0.4) is 0 Å². The summed E-state index contributed by atoms with van der Waals surface area (Å²) in [6.45, 7) is 1.35. The van der Waals surface area contributed by atoms with Crippen molar-refractivity contribution in [2.24, 2.45) is 5.73 Å². The first-order chi connectivity index (χ1) is 8.63. The van der Waals surface area contributed by atoms with Crippen LogP contribution < -0.4 is 10.6 Å².